The molecule has 0 saturated heterocycles. The van der Waals surface area contributed by atoms with E-state index in [1.165, 1.54) is 0 Å². The van der Waals surface area contributed by atoms with E-state index in [0.29, 0.717) is 52.6 Å². The van der Waals surface area contributed by atoms with Crippen molar-refractivity contribution in [2.45, 2.75) is 19.6 Å². The smallest absolute Gasteiger partial charge is 0.251 e. The third-order valence-electron chi connectivity index (χ3n) is 3.65. The molecule has 0 aliphatic rings. The van der Waals surface area contributed by atoms with Crippen LogP contribution in [0.15, 0.2) is 36.4 Å². The Labute approximate surface area is 174 Å². The molecule has 0 unspecified atom stereocenters. The van der Waals surface area contributed by atoms with Crippen LogP contribution in [0.2, 0.25) is 10.0 Å². The number of hydrogen-bond acceptors (Lipinski definition) is 4. The molecule has 4 nitrogen and oxygen atoms in total. The van der Waals surface area contributed by atoms with Gasteiger partial charge in [0.15, 0.2) is 11.5 Å². The molecule has 1 amide bonds. The number of benzene rings is 2. The predicted molar refractivity (Wildman–Crippen MR) is 114 cm³/mol. The third kappa shape index (κ3) is 6.52. The Bertz CT molecular complexity index is 751. The van der Waals surface area contributed by atoms with E-state index in [2.05, 4.69) is 5.32 Å². The molecule has 0 saturated carbocycles. The van der Waals surface area contributed by atoms with Crippen LogP contribution in [0.4, 0.5) is 0 Å². The van der Waals surface area contributed by atoms with Gasteiger partial charge >= 0.3 is 0 Å². The van der Waals surface area contributed by atoms with Gasteiger partial charge in [-0.05, 0) is 49.7 Å². The van der Waals surface area contributed by atoms with Crippen LogP contribution in [0.1, 0.15) is 29.8 Å². The average Bonchev–Trinajstić information content (AvgIpc) is 2.65. The molecule has 0 radical (unpaired) electrons. The average molecular weight is 428 g/mol. The van der Waals surface area contributed by atoms with Gasteiger partial charge in [0.05, 0.1) is 13.2 Å². The lowest BCUT2D eigenvalue weighted by atomic mass is 10.2. The van der Waals surface area contributed by atoms with Crippen molar-refractivity contribution in [3.63, 3.8) is 0 Å². The lowest BCUT2D eigenvalue weighted by Crippen LogP contribution is -2.25. The number of halogens is 2. The maximum atomic E-state index is 12.4. The van der Waals surface area contributed by atoms with Crippen molar-refractivity contribution in [2.24, 2.45) is 0 Å². The highest BCUT2D eigenvalue weighted by Gasteiger charge is 2.11. The summed E-state index contributed by atoms with van der Waals surface area (Å²) in [5.41, 5.74) is 1.46. The highest BCUT2D eigenvalue weighted by Crippen LogP contribution is 2.29. The second-order valence-corrected chi connectivity index (χ2v) is 7.46. The van der Waals surface area contributed by atoms with Crippen LogP contribution >= 0.6 is 35.0 Å². The van der Waals surface area contributed by atoms with E-state index in [1.807, 2.05) is 32.0 Å². The molecule has 0 spiro atoms. The number of nitrogens with one attached hydrogen (secondary N) is 1. The first-order valence-corrected chi connectivity index (χ1v) is 10.7. The number of rotatable bonds is 10. The SMILES string of the molecule is CCOc1ccc(C(=O)NCCSCc2c(Cl)cccc2Cl)cc1OCC. The zero-order chi connectivity index (χ0) is 19.6. The molecule has 2 aromatic carbocycles. The van der Waals surface area contributed by atoms with Crippen LogP contribution in [0, 0.1) is 0 Å². The molecule has 1 N–H and O–H groups in total. The van der Waals surface area contributed by atoms with Crippen molar-refractivity contribution >= 4 is 40.9 Å². The first kappa shape index (κ1) is 21.7. The Morgan fingerprint density at radius 1 is 1.04 bits per heavy atom. The zero-order valence-corrected chi connectivity index (χ0v) is 17.7. The van der Waals surface area contributed by atoms with Crippen LogP contribution < -0.4 is 14.8 Å². The molecule has 2 rings (SSSR count). The molecule has 0 atom stereocenters. The van der Waals surface area contributed by atoms with E-state index in [-0.39, 0.29) is 5.91 Å². The van der Waals surface area contributed by atoms with Crippen LogP contribution in [0.25, 0.3) is 0 Å². The first-order valence-electron chi connectivity index (χ1n) is 8.75. The van der Waals surface area contributed by atoms with Crippen LogP contribution in [0.5, 0.6) is 11.5 Å². The first-order chi connectivity index (χ1) is 13.1. The van der Waals surface area contributed by atoms with Gasteiger partial charge in [-0.2, -0.15) is 11.8 Å². The van der Waals surface area contributed by atoms with E-state index < -0.39 is 0 Å². The highest BCUT2D eigenvalue weighted by atomic mass is 35.5. The van der Waals surface area contributed by atoms with Crippen LogP contribution in [-0.2, 0) is 5.75 Å². The topological polar surface area (TPSA) is 47.6 Å². The third-order valence-corrected chi connectivity index (χ3v) is 5.34. The summed E-state index contributed by atoms with van der Waals surface area (Å²) >= 11 is 14.0. The van der Waals surface area contributed by atoms with Crippen molar-refractivity contribution in [2.75, 3.05) is 25.5 Å². The van der Waals surface area contributed by atoms with E-state index in [0.717, 1.165) is 11.3 Å². The Morgan fingerprint density at radius 2 is 1.70 bits per heavy atom. The quantitative estimate of drug-likeness (QED) is 0.511. The minimum Gasteiger partial charge on any atom is -0.490 e. The minimum atomic E-state index is -0.143. The normalized spacial score (nSPS) is 10.5. The number of ether oxygens (including phenoxy) is 2. The molecule has 7 heteroatoms. The summed E-state index contributed by atoms with van der Waals surface area (Å²) in [6.07, 6.45) is 0. The largest absolute Gasteiger partial charge is 0.490 e. The van der Waals surface area contributed by atoms with Crippen molar-refractivity contribution in [1.82, 2.24) is 5.32 Å². The summed E-state index contributed by atoms with van der Waals surface area (Å²) < 4.78 is 11.1. The molecular formula is C20H23Cl2NO3S. The second-order valence-electron chi connectivity index (χ2n) is 5.54. The summed E-state index contributed by atoms with van der Waals surface area (Å²) in [7, 11) is 0. The number of carbonyl (C=O) groups is 1. The molecule has 0 heterocycles. The Hall–Kier alpha value is -1.56. The standard InChI is InChI=1S/C20H23Cl2NO3S/c1-3-25-18-9-8-14(12-19(18)26-4-2)20(24)23-10-11-27-13-15-16(21)6-5-7-17(15)22/h5-9,12H,3-4,10-11,13H2,1-2H3,(H,23,24). The fraction of sp³-hybridized carbons (Fsp3) is 0.350. The number of hydrogen-bond donors (Lipinski definition) is 1. The zero-order valence-electron chi connectivity index (χ0n) is 15.4. The molecule has 0 aliphatic heterocycles. The molecule has 0 bridgehead atoms. The minimum absolute atomic E-state index is 0.143. The molecule has 2 aromatic rings. The number of amides is 1. The number of carbonyl (C=O) groups excluding carboxylic acids is 1. The Morgan fingerprint density at radius 3 is 2.37 bits per heavy atom. The van der Waals surface area contributed by atoms with Gasteiger partial charge in [0.1, 0.15) is 0 Å². The van der Waals surface area contributed by atoms with Gasteiger partial charge in [0, 0.05) is 33.7 Å². The molecule has 0 fully saturated rings. The van der Waals surface area contributed by atoms with Crippen molar-refractivity contribution < 1.29 is 14.3 Å². The maximum Gasteiger partial charge on any atom is 0.251 e. The summed E-state index contributed by atoms with van der Waals surface area (Å²) in [6, 6.07) is 10.7. The van der Waals surface area contributed by atoms with Gasteiger partial charge in [-0.25, -0.2) is 0 Å². The van der Waals surface area contributed by atoms with Gasteiger partial charge < -0.3 is 14.8 Å². The predicted octanol–water partition coefficient (Wildman–Crippen LogP) is 5.45. The fourth-order valence-electron chi connectivity index (χ4n) is 2.38. The summed E-state index contributed by atoms with van der Waals surface area (Å²) in [4.78, 5) is 12.4. The lowest BCUT2D eigenvalue weighted by Gasteiger charge is -2.12. The monoisotopic (exact) mass is 427 g/mol. The second kappa shape index (κ2) is 11.3. The van der Waals surface area contributed by atoms with E-state index in [4.69, 9.17) is 32.7 Å². The van der Waals surface area contributed by atoms with Gasteiger partial charge in [-0.15, -0.1) is 0 Å². The van der Waals surface area contributed by atoms with Crippen molar-refractivity contribution in [3.05, 3.63) is 57.6 Å². The summed E-state index contributed by atoms with van der Waals surface area (Å²) in [5.74, 6) is 2.53. The lowest BCUT2D eigenvalue weighted by molar-refractivity contribution is 0.0955. The van der Waals surface area contributed by atoms with Crippen LogP contribution in [0.3, 0.4) is 0 Å². The summed E-state index contributed by atoms with van der Waals surface area (Å²) in [5, 5.41) is 4.24. The van der Waals surface area contributed by atoms with Gasteiger partial charge in [0.25, 0.3) is 5.91 Å². The van der Waals surface area contributed by atoms with E-state index in [9.17, 15) is 4.79 Å². The van der Waals surface area contributed by atoms with Gasteiger partial charge in [0.2, 0.25) is 0 Å². The van der Waals surface area contributed by atoms with Crippen LogP contribution in [-0.4, -0.2) is 31.4 Å². The maximum absolute atomic E-state index is 12.4. The van der Waals surface area contributed by atoms with Crippen molar-refractivity contribution in [3.8, 4) is 11.5 Å². The molecule has 0 aliphatic carbocycles. The molecule has 0 aromatic heterocycles. The van der Waals surface area contributed by atoms with Gasteiger partial charge in [-0.1, -0.05) is 29.3 Å². The summed E-state index contributed by atoms with van der Waals surface area (Å²) in [6.45, 7) is 5.39. The number of thioether (sulfide) groups is 1. The van der Waals surface area contributed by atoms with E-state index in [1.54, 1.807) is 30.0 Å². The van der Waals surface area contributed by atoms with Crippen molar-refractivity contribution in [1.29, 1.82) is 0 Å². The highest BCUT2D eigenvalue weighted by molar-refractivity contribution is 7.98. The molecular weight excluding hydrogens is 405 g/mol. The molecule has 146 valence electrons. The fourth-order valence-corrected chi connectivity index (χ4v) is 3.97. The van der Waals surface area contributed by atoms with Gasteiger partial charge in [-0.3, -0.25) is 4.79 Å². The Balaban J connectivity index is 1.84. The van der Waals surface area contributed by atoms with E-state index >= 15 is 0 Å². The Kier molecular flexibility index (Phi) is 9.11. The molecule has 27 heavy (non-hydrogen) atoms.